The van der Waals surface area contributed by atoms with E-state index in [4.69, 9.17) is 4.74 Å². The molecule has 6 nitrogen and oxygen atoms in total. The quantitative estimate of drug-likeness (QED) is 0.353. The van der Waals surface area contributed by atoms with Gasteiger partial charge in [0.1, 0.15) is 11.3 Å². The third-order valence-corrected chi connectivity index (χ3v) is 2.86. The molecule has 0 fully saturated rings. The minimum Gasteiger partial charge on any atom is -0.434 e. The van der Waals surface area contributed by atoms with Gasteiger partial charge in [-0.3, -0.25) is 10.1 Å². The van der Waals surface area contributed by atoms with Crippen molar-refractivity contribution >= 4 is 11.8 Å². The van der Waals surface area contributed by atoms with Crippen LogP contribution in [0.2, 0.25) is 0 Å². The molecule has 9 heteroatoms. The van der Waals surface area contributed by atoms with Gasteiger partial charge >= 0.3 is 12.3 Å². The van der Waals surface area contributed by atoms with E-state index in [0.29, 0.717) is 6.07 Å². The molecule has 128 valence electrons. The Hall–Kier alpha value is -2.32. The highest BCUT2D eigenvalue weighted by Crippen LogP contribution is 2.43. The van der Waals surface area contributed by atoms with E-state index < -0.39 is 39.7 Å². The number of carbonyl (C=O) groups excluding carboxylic acids is 1. The number of nitrogens with zero attached hydrogens (tertiary/aromatic N) is 1. The van der Waals surface area contributed by atoms with Gasteiger partial charge in [0.05, 0.1) is 11.5 Å². The Kier molecular flexibility index (Phi) is 5.24. The Bertz CT molecular complexity index is 620. The molecule has 0 aromatic heterocycles. The maximum absolute atomic E-state index is 13.0. The average molecular weight is 335 g/mol. The van der Waals surface area contributed by atoms with Crippen LogP contribution in [0, 0.1) is 10.1 Å². The number of carbonyl (C=O) groups is 1. The van der Waals surface area contributed by atoms with Crippen molar-refractivity contribution in [3.05, 3.63) is 33.4 Å². The van der Waals surface area contributed by atoms with Crippen molar-refractivity contribution in [3.8, 4) is 5.75 Å². The van der Waals surface area contributed by atoms with Crippen molar-refractivity contribution in [3.63, 3.8) is 0 Å². The number of halogens is 3. The first-order chi connectivity index (χ1) is 10.4. The molecule has 0 radical (unpaired) electrons. The van der Waals surface area contributed by atoms with Crippen LogP contribution >= 0.6 is 0 Å². The Morgan fingerprint density at radius 1 is 1.22 bits per heavy atom. The summed E-state index contributed by atoms with van der Waals surface area (Å²) in [6.07, 6.45) is -6.15. The largest absolute Gasteiger partial charge is 0.513 e. The lowest BCUT2D eigenvalue weighted by Crippen LogP contribution is -2.19. The maximum atomic E-state index is 13.0. The van der Waals surface area contributed by atoms with Crippen LogP contribution in [0.1, 0.15) is 38.8 Å². The Labute approximate surface area is 130 Å². The van der Waals surface area contributed by atoms with E-state index >= 15 is 0 Å². The summed E-state index contributed by atoms with van der Waals surface area (Å²) in [5.74, 6) is -0.422. The summed E-state index contributed by atoms with van der Waals surface area (Å²) in [5, 5.41) is 11.0. The molecule has 0 spiro atoms. The summed E-state index contributed by atoms with van der Waals surface area (Å²) in [6, 6.07) is 1.23. The standard InChI is InChI=1S/C14H16F3NO5/c1-5-22-12(19)23-11-7-8(14(15,16)17)10(18(20)21)6-9(11)13(2,3)4/h6-7H,5H2,1-4H3. The fraction of sp³-hybridized carbons (Fsp3) is 0.500. The number of hydrogen-bond donors (Lipinski definition) is 0. The second kappa shape index (κ2) is 6.43. The molecule has 1 aromatic rings. The molecule has 1 aromatic carbocycles. The molecule has 23 heavy (non-hydrogen) atoms. The monoisotopic (exact) mass is 335 g/mol. The first-order valence-electron chi connectivity index (χ1n) is 6.62. The predicted molar refractivity (Wildman–Crippen MR) is 74.4 cm³/mol. The molecule has 0 atom stereocenters. The molecule has 0 heterocycles. The van der Waals surface area contributed by atoms with Gasteiger partial charge in [-0.05, 0) is 12.3 Å². The van der Waals surface area contributed by atoms with Crippen LogP contribution in [0.5, 0.6) is 5.75 Å². The van der Waals surface area contributed by atoms with Crippen LogP contribution in [0.15, 0.2) is 12.1 Å². The van der Waals surface area contributed by atoms with Crippen molar-refractivity contribution in [1.29, 1.82) is 0 Å². The van der Waals surface area contributed by atoms with E-state index in [2.05, 4.69) is 4.74 Å². The lowest BCUT2D eigenvalue weighted by Gasteiger charge is -2.23. The number of hydrogen-bond acceptors (Lipinski definition) is 5. The first-order valence-corrected chi connectivity index (χ1v) is 6.62. The lowest BCUT2D eigenvalue weighted by atomic mass is 9.85. The van der Waals surface area contributed by atoms with Crippen molar-refractivity contribution in [2.45, 2.75) is 39.3 Å². The highest BCUT2D eigenvalue weighted by atomic mass is 19.4. The summed E-state index contributed by atoms with van der Waals surface area (Å²) in [7, 11) is 0. The van der Waals surface area contributed by atoms with Gasteiger partial charge < -0.3 is 9.47 Å². The molecular weight excluding hydrogens is 319 g/mol. The molecule has 0 unspecified atom stereocenters. The molecule has 0 aliphatic carbocycles. The zero-order valence-corrected chi connectivity index (χ0v) is 13.0. The smallest absolute Gasteiger partial charge is 0.434 e. The van der Waals surface area contributed by atoms with E-state index in [0.717, 1.165) is 6.07 Å². The lowest BCUT2D eigenvalue weighted by molar-refractivity contribution is -0.388. The van der Waals surface area contributed by atoms with E-state index in [1.807, 2.05) is 0 Å². The van der Waals surface area contributed by atoms with Crippen LogP contribution < -0.4 is 4.74 Å². The summed E-state index contributed by atoms with van der Waals surface area (Å²) in [6.45, 7) is 6.34. The van der Waals surface area contributed by atoms with Crippen molar-refractivity contribution < 1.29 is 32.4 Å². The molecular formula is C14H16F3NO5. The van der Waals surface area contributed by atoms with Gasteiger partial charge in [-0.2, -0.15) is 13.2 Å². The fourth-order valence-corrected chi connectivity index (χ4v) is 1.85. The molecule has 0 bridgehead atoms. The van der Waals surface area contributed by atoms with Crippen molar-refractivity contribution in [2.24, 2.45) is 0 Å². The van der Waals surface area contributed by atoms with Crippen LogP contribution in [-0.4, -0.2) is 17.7 Å². The number of alkyl halides is 3. The number of ether oxygens (including phenoxy) is 2. The summed E-state index contributed by atoms with van der Waals surface area (Å²) in [4.78, 5) is 21.2. The molecule has 0 amide bonds. The Morgan fingerprint density at radius 3 is 2.17 bits per heavy atom. The molecule has 1 rings (SSSR count). The number of rotatable bonds is 3. The second-order valence-electron chi connectivity index (χ2n) is 5.66. The van der Waals surface area contributed by atoms with Gasteiger partial charge in [-0.25, -0.2) is 4.79 Å². The first kappa shape index (κ1) is 18.7. The Balaban J connectivity index is 3.58. The van der Waals surface area contributed by atoms with Crippen LogP contribution in [0.4, 0.5) is 23.7 Å². The third kappa shape index (κ3) is 4.57. The van der Waals surface area contributed by atoms with Gasteiger partial charge in [0, 0.05) is 17.7 Å². The van der Waals surface area contributed by atoms with Crippen LogP contribution in [0.3, 0.4) is 0 Å². The van der Waals surface area contributed by atoms with E-state index in [-0.39, 0.29) is 12.2 Å². The van der Waals surface area contributed by atoms with Crippen molar-refractivity contribution in [1.82, 2.24) is 0 Å². The van der Waals surface area contributed by atoms with Crippen LogP contribution in [0.25, 0.3) is 0 Å². The average Bonchev–Trinajstić information content (AvgIpc) is 2.35. The van der Waals surface area contributed by atoms with Gasteiger partial charge in [0.25, 0.3) is 5.69 Å². The zero-order valence-electron chi connectivity index (χ0n) is 13.0. The number of nitro groups is 1. The second-order valence-corrected chi connectivity index (χ2v) is 5.66. The SMILES string of the molecule is CCOC(=O)Oc1cc(C(F)(F)F)c([N+](=O)[O-])cc1C(C)(C)C. The molecule has 0 aliphatic heterocycles. The highest BCUT2D eigenvalue weighted by molar-refractivity contribution is 5.66. The van der Waals surface area contributed by atoms with Crippen LogP contribution in [-0.2, 0) is 16.3 Å². The van der Waals surface area contributed by atoms with E-state index in [1.165, 1.54) is 6.92 Å². The Morgan fingerprint density at radius 2 is 1.78 bits per heavy atom. The molecule has 0 saturated heterocycles. The number of nitro benzene ring substituents is 1. The summed E-state index contributed by atoms with van der Waals surface area (Å²) >= 11 is 0. The number of benzene rings is 1. The minimum atomic E-state index is -4.97. The topological polar surface area (TPSA) is 78.7 Å². The highest BCUT2D eigenvalue weighted by Gasteiger charge is 2.41. The predicted octanol–water partition coefficient (Wildman–Crippen LogP) is 4.45. The van der Waals surface area contributed by atoms with Gasteiger partial charge in [-0.1, -0.05) is 20.8 Å². The normalized spacial score (nSPS) is 12.0. The summed E-state index contributed by atoms with van der Waals surface area (Å²) in [5.41, 5.74) is -3.30. The maximum Gasteiger partial charge on any atom is 0.513 e. The summed E-state index contributed by atoms with van der Waals surface area (Å²) < 4.78 is 48.4. The van der Waals surface area contributed by atoms with Gasteiger partial charge in [0.2, 0.25) is 0 Å². The van der Waals surface area contributed by atoms with E-state index in [1.54, 1.807) is 20.8 Å². The fourth-order valence-electron chi connectivity index (χ4n) is 1.85. The molecule has 0 aliphatic rings. The van der Waals surface area contributed by atoms with Gasteiger partial charge in [0.15, 0.2) is 0 Å². The van der Waals surface area contributed by atoms with Crippen molar-refractivity contribution in [2.75, 3.05) is 6.61 Å². The molecule has 0 saturated carbocycles. The van der Waals surface area contributed by atoms with E-state index in [9.17, 15) is 28.1 Å². The van der Waals surface area contributed by atoms with Gasteiger partial charge in [-0.15, -0.1) is 0 Å². The zero-order chi connectivity index (χ0) is 18.0. The minimum absolute atomic E-state index is 0.0250. The molecule has 0 N–H and O–H groups in total. The third-order valence-electron chi connectivity index (χ3n) is 2.86.